The van der Waals surface area contributed by atoms with Crippen LogP contribution in [0.2, 0.25) is 0 Å². The Morgan fingerprint density at radius 3 is 2.76 bits per heavy atom. The highest BCUT2D eigenvalue weighted by Gasteiger charge is 2.08. The summed E-state index contributed by atoms with van der Waals surface area (Å²) in [6.45, 7) is 2.46. The van der Waals surface area contributed by atoms with Gasteiger partial charge < -0.3 is 15.0 Å². The second-order valence-electron chi connectivity index (χ2n) is 3.76. The van der Waals surface area contributed by atoms with Crippen molar-refractivity contribution in [1.29, 1.82) is 0 Å². The SMILES string of the molecule is CCc1cc(-c2cc(CN)on2)ccc1OC. The first-order valence-electron chi connectivity index (χ1n) is 5.61. The van der Waals surface area contributed by atoms with E-state index in [0.29, 0.717) is 12.3 Å². The molecule has 0 spiro atoms. The molecule has 90 valence electrons. The lowest BCUT2D eigenvalue weighted by Crippen LogP contribution is -1.92. The summed E-state index contributed by atoms with van der Waals surface area (Å²) in [5.74, 6) is 1.59. The number of aromatic nitrogens is 1. The average molecular weight is 232 g/mol. The maximum Gasteiger partial charge on any atom is 0.150 e. The Balaban J connectivity index is 2.38. The monoisotopic (exact) mass is 232 g/mol. The van der Waals surface area contributed by atoms with E-state index in [1.807, 2.05) is 18.2 Å². The zero-order valence-corrected chi connectivity index (χ0v) is 10.1. The number of nitrogens with two attached hydrogens (primary N) is 1. The molecule has 0 atom stereocenters. The first-order valence-corrected chi connectivity index (χ1v) is 5.61. The molecule has 1 aromatic carbocycles. The maximum absolute atomic E-state index is 5.49. The highest BCUT2D eigenvalue weighted by molar-refractivity contribution is 5.62. The van der Waals surface area contributed by atoms with Gasteiger partial charge in [-0.15, -0.1) is 0 Å². The number of aryl methyl sites for hydroxylation is 1. The van der Waals surface area contributed by atoms with E-state index in [1.54, 1.807) is 7.11 Å². The van der Waals surface area contributed by atoms with Gasteiger partial charge in [0.05, 0.1) is 13.7 Å². The van der Waals surface area contributed by atoms with Crippen molar-refractivity contribution in [3.63, 3.8) is 0 Å². The van der Waals surface area contributed by atoms with Gasteiger partial charge in [-0.3, -0.25) is 0 Å². The first-order chi connectivity index (χ1) is 8.28. The molecule has 0 bridgehead atoms. The first kappa shape index (κ1) is 11.7. The van der Waals surface area contributed by atoms with Crippen LogP contribution in [0, 0.1) is 0 Å². The van der Waals surface area contributed by atoms with Gasteiger partial charge in [0, 0.05) is 11.6 Å². The van der Waals surface area contributed by atoms with Crippen LogP contribution in [0.1, 0.15) is 18.2 Å². The summed E-state index contributed by atoms with van der Waals surface area (Å²) in [5.41, 5.74) is 8.47. The fraction of sp³-hybridized carbons (Fsp3) is 0.308. The normalized spacial score (nSPS) is 10.5. The summed E-state index contributed by atoms with van der Waals surface area (Å²) in [5, 5.41) is 3.99. The highest BCUT2D eigenvalue weighted by atomic mass is 16.5. The molecule has 0 fully saturated rings. The van der Waals surface area contributed by atoms with Gasteiger partial charge in [-0.25, -0.2) is 0 Å². The topological polar surface area (TPSA) is 61.3 Å². The molecular weight excluding hydrogens is 216 g/mol. The molecular formula is C13H16N2O2. The van der Waals surface area contributed by atoms with Crippen LogP contribution in [0.5, 0.6) is 5.75 Å². The molecule has 4 heteroatoms. The van der Waals surface area contributed by atoms with Crippen LogP contribution in [0.4, 0.5) is 0 Å². The predicted molar refractivity (Wildman–Crippen MR) is 65.8 cm³/mol. The molecule has 4 nitrogen and oxygen atoms in total. The van der Waals surface area contributed by atoms with Crippen LogP contribution < -0.4 is 10.5 Å². The summed E-state index contributed by atoms with van der Waals surface area (Å²) < 4.78 is 10.4. The summed E-state index contributed by atoms with van der Waals surface area (Å²) in [7, 11) is 1.68. The van der Waals surface area contributed by atoms with E-state index < -0.39 is 0 Å². The third kappa shape index (κ3) is 2.31. The Kier molecular flexibility index (Phi) is 3.44. The Labute approximate surface area is 100 Å². The number of nitrogens with zero attached hydrogens (tertiary/aromatic N) is 1. The molecule has 2 aromatic rings. The van der Waals surface area contributed by atoms with E-state index >= 15 is 0 Å². The van der Waals surface area contributed by atoms with Crippen LogP contribution in [0.15, 0.2) is 28.8 Å². The van der Waals surface area contributed by atoms with Crippen molar-refractivity contribution in [3.05, 3.63) is 35.6 Å². The van der Waals surface area contributed by atoms with E-state index in [1.165, 1.54) is 0 Å². The van der Waals surface area contributed by atoms with Crippen LogP contribution >= 0.6 is 0 Å². The fourth-order valence-electron chi connectivity index (χ4n) is 1.76. The second-order valence-corrected chi connectivity index (χ2v) is 3.76. The van der Waals surface area contributed by atoms with Crippen molar-refractivity contribution < 1.29 is 9.26 Å². The van der Waals surface area contributed by atoms with Gasteiger partial charge in [0.1, 0.15) is 11.4 Å². The van der Waals surface area contributed by atoms with Crippen molar-refractivity contribution in [2.75, 3.05) is 7.11 Å². The third-order valence-electron chi connectivity index (χ3n) is 2.72. The van der Waals surface area contributed by atoms with Gasteiger partial charge in [0.25, 0.3) is 0 Å². The zero-order valence-electron chi connectivity index (χ0n) is 10.1. The van der Waals surface area contributed by atoms with Crippen LogP contribution in [-0.2, 0) is 13.0 Å². The third-order valence-corrected chi connectivity index (χ3v) is 2.72. The Morgan fingerprint density at radius 1 is 1.35 bits per heavy atom. The van der Waals surface area contributed by atoms with Crippen molar-refractivity contribution in [2.24, 2.45) is 5.73 Å². The molecule has 0 aliphatic heterocycles. The molecule has 0 amide bonds. The van der Waals surface area contributed by atoms with Gasteiger partial charge in [-0.1, -0.05) is 12.1 Å². The molecule has 0 aliphatic rings. The van der Waals surface area contributed by atoms with Gasteiger partial charge >= 0.3 is 0 Å². The molecule has 1 aromatic heterocycles. The van der Waals surface area contributed by atoms with Crippen molar-refractivity contribution in [1.82, 2.24) is 5.16 Å². The highest BCUT2D eigenvalue weighted by Crippen LogP contribution is 2.26. The molecule has 17 heavy (non-hydrogen) atoms. The van der Waals surface area contributed by atoms with Gasteiger partial charge in [0.2, 0.25) is 0 Å². The van der Waals surface area contributed by atoms with Crippen molar-refractivity contribution in [3.8, 4) is 17.0 Å². The predicted octanol–water partition coefficient (Wildman–Crippen LogP) is 2.37. The summed E-state index contributed by atoms with van der Waals surface area (Å²) in [4.78, 5) is 0. The van der Waals surface area contributed by atoms with E-state index in [4.69, 9.17) is 15.0 Å². The van der Waals surface area contributed by atoms with Crippen LogP contribution in [0.3, 0.4) is 0 Å². The molecule has 1 heterocycles. The minimum absolute atomic E-state index is 0.365. The zero-order chi connectivity index (χ0) is 12.3. The number of benzene rings is 1. The average Bonchev–Trinajstić information content (AvgIpc) is 2.86. The number of methoxy groups -OCH3 is 1. The fourth-order valence-corrected chi connectivity index (χ4v) is 1.76. The van der Waals surface area contributed by atoms with Gasteiger partial charge in [-0.05, 0) is 30.2 Å². The Hall–Kier alpha value is -1.81. The summed E-state index contributed by atoms with van der Waals surface area (Å²) in [6.07, 6.45) is 0.915. The van der Waals surface area contributed by atoms with Crippen molar-refractivity contribution in [2.45, 2.75) is 19.9 Å². The molecule has 0 saturated carbocycles. The lowest BCUT2D eigenvalue weighted by Gasteiger charge is -2.07. The van der Waals surface area contributed by atoms with Gasteiger partial charge in [0.15, 0.2) is 5.76 Å². The second kappa shape index (κ2) is 5.01. The molecule has 2 rings (SSSR count). The Morgan fingerprint density at radius 2 is 2.18 bits per heavy atom. The quantitative estimate of drug-likeness (QED) is 0.879. The maximum atomic E-state index is 5.49. The number of hydrogen-bond acceptors (Lipinski definition) is 4. The van der Waals surface area contributed by atoms with E-state index in [-0.39, 0.29) is 0 Å². The molecule has 2 N–H and O–H groups in total. The number of hydrogen-bond donors (Lipinski definition) is 1. The molecule has 0 radical (unpaired) electrons. The van der Waals surface area contributed by atoms with E-state index in [2.05, 4.69) is 18.1 Å². The van der Waals surface area contributed by atoms with E-state index in [9.17, 15) is 0 Å². The summed E-state index contributed by atoms with van der Waals surface area (Å²) in [6, 6.07) is 7.85. The minimum Gasteiger partial charge on any atom is -0.496 e. The standard InChI is InChI=1S/C13H16N2O2/c1-3-9-6-10(4-5-13(9)16-2)12-7-11(8-14)17-15-12/h4-7H,3,8,14H2,1-2H3. The molecule has 0 saturated heterocycles. The van der Waals surface area contributed by atoms with Crippen molar-refractivity contribution >= 4 is 0 Å². The molecule has 0 unspecified atom stereocenters. The minimum atomic E-state index is 0.365. The lowest BCUT2D eigenvalue weighted by atomic mass is 10.1. The van der Waals surface area contributed by atoms with E-state index in [0.717, 1.165) is 29.0 Å². The van der Waals surface area contributed by atoms with Crippen LogP contribution in [0.25, 0.3) is 11.3 Å². The summed E-state index contributed by atoms with van der Waals surface area (Å²) >= 11 is 0. The lowest BCUT2D eigenvalue weighted by molar-refractivity contribution is 0.387. The number of ether oxygens (including phenoxy) is 1. The van der Waals surface area contributed by atoms with Crippen LogP contribution in [-0.4, -0.2) is 12.3 Å². The molecule has 0 aliphatic carbocycles. The largest absolute Gasteiger partial charge is 0.496 e. The smallest absolute Gasteiger partial charge is 0.150 e. The van der Waals surface area contributed by atoms with Gasteiger partial charge in [-0.2, -0.15) is 0 Å². The number of rotatable bonds is 4. The Bertz CT molecular complexity index is 506.